The van der Waals surface area contributed by atoms with E-state index < -0.39 is 5.97 Å². The van der Waals surface area contributed by atoms with Crippen molar-refractivity contribution in [2.45, 2.75) is 84.0 Å². The summed E-state index contributed by atoms with van der Waals surface area (Å²) in [5, 5.41) is 8.49. The molecule has 114 valence electrons. The second kappa shape index (κ2) is 15.8. The summed E-state index contributed by atoms with van der Waals surface area (Å²) < 4.78 is 0. The number of rotatable bonds is 12. The third kappa shape index (κ3) is 16.8. The van der Waals surface area contributed by atoms with E-state index in [0.29, 0.717) is 6.42 Å². The second-order valence-electron chi connectivity index (χ2n) is 5.23. The highest BCUT2D eigenvalue weighted by Gasteiger charge is 1.95. The Labute approximate surface area is 124 Å². The molecule has 0 saturated heterocycles. The number of carboxylic acids is 1. The molecule has 0 aliphatic heterocycles. The molecule has 0 bridgehead atoms. The molecule has 1 N–H and O–H groups in total. The minimum absolute atomic E-state index is 0.298. The topological polar surface area (TPSA) is 37.3 Å². The predicted octanol–water partition coefficient (Wildman–Crippen LogP) is 5.33. The van der Waals surface area contributed by atoms with Crippen LogP contribution >= 0.6 is 0 Å². The molecule has 2 heteroatoms. The first-order valence-electron chi connectivity index (χ1n) is 8.12. The summed E-state index contributed by atoms with van der Waals surface area (Å²) >= 11 is 0. The number of allylic oxidation sites excluding steroid dienone is 2. The highest BCUT2D eigenvalue weighted by molar-refractivity contribution is 5.66. The molecule has 0 aliphatic carbocycles. The van der Waals surface area contributed by atoms with Crippen molar-refractivity contribution in [1.82, 2.24) is 0 Å². The van der Waals surface area contributed by atoms with Gasteiger partial charge in [-0.2, -0.15) is 0 Å². The molecular weight excluding hydrogens is 248 g/mol. The fraction of sp³-hybridized carbons (Fsp3) is 0.722. The van der Waals surface area contributed by atoms with Gasteiger partial charge in [0.2, 0.25) is 0 Å². The third-order valence-corrected chi connectivity index (χ3v) is 3.22. The van der Waals surface area contributed by atoms with Crippen LogP contribution in [0.4, 0.5) is 0 Å². The zero-order chi connectivity index (χ0) is 14.9. The molecule has 0 aromatic rings. The number of hydrogen-bond acceptors (Lipinski definition) is 1. The van der Waals surface area contributed by atoms with Gasteiger partial charge in [-0.15, -0.1) is 0 Å². The predicted molar refractivity (Wildman–Crippen MR) is 85.6 cm³/mol. The summed E-state index contributed by atoms with van der Waals surface area (Å²) in [7, 11) is 0. The van der Waals surface area contributed by atoms with Crippen LogP contribution in [-0.2, 0) is 4.79 Å². The second-order valence-corrected chi connectivity index (χ2v) is 5.23. The molecule has 0 rings (SSSR count). The van der Waals surface area contributed by atoms with Crippen molar-refractivity contribution in [3.05, 3.63) is 12.2 Å². The van der Waals surface area contributed by atoms with E-state index in [1.54, 1.807) is 0 Å². The molecule has 0 amide bonds. The van der Waals surface area contributed by atoms with Gasteiger partial charge in [-0.25, -0.2) is 0 Å². The number of carbonyl (C=O) groups is 1. The van der Waals surface area contributed by atoms with Gasteiger partial charge in [-0.05, 0) is 31.8 Å². The summed E-state index contributed by atoms with van der Waals surface area (Å²) in [5.74, 6) is 5.52. The van der Waals surface area contributed by atoms with Crippen molar-refractivity contribution in [3.63, 3.8) is 0 Å². The smallest absolute Gasteiger partial charge is 0.303 e. The molecular formula is C18H30O2. The Balaban J connectivity index is 3.25. The average Bonchev–Trinajstić information content (AvgIpc) is 2.43. The third-order valence-electron chi connectivity index (χ3n) is 3.22. The normalized spacial score (nSPS) is 10.4. The summed E-state index contributed by atoms with van der Waals surface area (Å²) in [6.45, 7) is 2.24. The maximum absolute atomic E-state index is 10.3. The van der Waals surface area contributed by atoms with Gasteiger partial charge in [-0.1, -0.05) is 63.4 Å². The van der Waals surface area contributed by atoms with E-state index in [0.717, 1.165) is 38.5 Å². The Hall–Kier alpha value is -1.23. The molecule has 0 fully saturated rings. The van der Waals surface area contributed by atoms with E-state index in [9.17, 15) is 4.79 Å². The zero-order valence-electron chi connectivity index (χ0n) is 13.0. The molecule has 0 aromatic carbocycles. The maximum Gasteiger partial charge on any atom is 0.303 e. The lowest BCUT2D eigenvalue weighted by Gasteiger charge is -1.95. The van der Waals surface area contributed by atoms with E-state index >= 15 is 0 Å². The first-order valence-corrected chi connectivity index (χ1v) is 8.12. The zero-order valence-corrected chi connectivity index (χ0v) is 13.0. The first kappa shape index (κ1) is 18.8. The molecule has 0 atom stereocenters. The van der Waals surface area contributed by atoms with Gasteiger partial charge in [0.15, 0.2) is 0 Å². The maximum atomic E-state index is 10.3. The standard InChI is InChI=1S/C18H30O2/c1-2-3-4-5-6-7-8-9-10-11-12-13-14-15-16-17-18(19)20/h8-9H,2-7,12-17H2,1H3,(H,19,20)/b9-8-. The van der Waals surface area contributed by atoms with Crippen LogP contribution in [0.2, 0.25) is 0 Å². The molecule has 0 aliphatic rings. The fourth-order valence-electron chi connectivity index (χ4n) is 1.98. The number of carboxylic acid groups (broad SMARTS) is 1. The van der Waals surface area contributed by atoms with Gasteiger partial charge < -0.3 is 5.11 Å². The molecule has 2 nitrogen and oxygen atoms in total. The van der Waals surface area contributed by atoms with Gasteiger partial charge in [0.25, 0.3) is 0 Å². The summed E-state index contributed by atoms with van der Waals surface area (Å²) in [5.41, 5.74) is 0. The SMILES string of the molecule is CCCCCCC/C=C\C#CCCCCCCC(=O)O. The largest absolute Gasteiger partial charge is 0.481 e. The van der Waals surface area contributed by atoms with Crippen LogP contribution in [0, 0.1) is 11.8 Å². The molecule has 20 heavy (non-hydrogen) atoms. The van der Waals surface area contributed by atoms with Crippen molar-refractivity contribution in [2.24, 2.45) is 0 Å². The van der Waals surface area contributed by atoms with Crippen molar-refractivity contribution in [1.29, 1.82) is 0 Å². The van der Waals surface area contributed by atoms with Gasteiger partial charge in [-0.3, -0.25) is 4.79 Å². The van der Waals surface area contributed by atoms with E-state index in [2.05, 4.69) is 24.8 Å². The van der Waals surface area contributed by atoms with Crippen molar-refractivity contribution >= 4 is 5.97 Å². The minimum atomic E-state index is -0.690. The Morgan fingerprint density at radius 3 is 2.45 bits per heavy atom. The lowest BCUT2D eigenvalue weighted by atomic mass is 10.1. The minimum Gasteiger partial charge on any atom is -0.481 e. The van der Waals surface area contributed by atoms with Crippen molar-refractivity contribution in [3.8, 4) is 11.8 Å². The quantitative estimate of drug-likeness (QED) is 0.387. The average molecular weight is 278 g/mol. The monoisotopic (exact) mass is 278 g/mol. The van der Waals surface area contributed by atoms with Crippen LogP contribution in [0.5, 0.6) is 0 Å². The van der Waals surface area contributed by atoms with E-state index in [4.69, 9.17) is 5.11 Å². The molecule has 0 aromatic heterocycles. The number of hydrogen-bond donors (Lipinski definition) is 1. The molecule has 0 unspecified atom stereocenters. The summed E-state index contributed by atoms with van der Waals surface area (Å²) in [4.78, 5) is 10.3. The van der Waals surface area contributed by atoms with Crippen LogP contribution in [-0.4, -0.2) is 11.1 Å². The van der Waals surface area contributed by atoms with Crippen LogP contribution < -0.4 is 0 Å². The van der Waals surface area contributed by atoms with Gasteiger partial charge in [0.1, 0.15) is 0 Å². The Morgan fingerprint density at radius 2 is 1.70 bits per heavy atom. The lowest BCUT2D eigenvalue weighted by molar-refractivity contribution is -0.137. The molecule has 0 radical (unpaired) electrons. The van der Waals surface area contributed by atoms with Crippen molar-refractivity contribution in [2.75, 3.05) is 0 Å². The van der Waals surface area contributed by atoms with Crippen molar-refractivity contribution < 1.29 is 9.90 Å². The Kier molecular flexibility index (Phi) is 14.9. The van der Waals surface area contributed by atoms with Gasteiger partial charge in [0, 0.05) is 12.8 Å². The van der Waals surface area contributed by atoms with Crippen LogP contribution in [0.1, 0.15) is 84.0 Å². The number of unbranched alkanes of at least 4 members (excludes halogenated alkanes) is 9. The van der Waals surface area contributed by atoms with Crippen LogP contribution in [0.25, 0.3) is 0 Å². The lowest BCUT2D eigenvalue weighted by Crippen LogP contribution is -1.93. The Bertz CT molecular complexity index is 307. The summed E-state index contributed by atoms with van der Waals surface area (Å²) in [6.07, 6.45) is 17.1. The van der Waals surface area contributed by atoms with Crippen LogP contribution in [0.15, 0.2) is 12.2 Å². The molecule has 0 saturated carbocycles. The van der Waals surface area contributed by atoms with E-state index in [-0.39, 0.29) is 0 Å². The Morgan fingerprint density at radius 1 is 1.00 bits per heavy atom. The molecule has 0 spiro atoms. The molecule has 0 heterocycles. The number of aliphatic carboxylic acids is 1. The van der Waals surface area contributed by atoms with Gasteiger partial charge in [0.05, 0.1) is 0 Å². The van der Waals surface area contributed by atoms with Crippen LogP contribution in [0.3, 0.4) is 0 Å². The summed E-state index contributed by atoms with van der Waals surface area (Å²) in [6, 6.07) is 0. The highest BCUT2D eigenvalue weighted by Crippen LogP contribution is 2.06. The van der Waals surface area contributed by atoms with Gasteiger partial charge >= 0.3 is 5.97 Å². The van der Waals surface area contributed by atoms with E-state index in [1.165, 1.54) is 32.1 Å². The first-order chi connectivity index (χ1) is 9.77. The van der Waals surface area contributed by atoms with E-state index in [1.807, 2.05) is 6.08 Å². The fourth-order valence-corrected chi connectivity index (χ4v) is 1.98. The highest BCUT2D eigenvalue weighted by atomic mass is 16.4.